The fourth-order valence-corrected chi connectivity index (χ4v) is 1.41. The maximum atomic E-state index is 10.9. The first-order valence-corrected chi connectivity index (χ1v) is 5.16. The van der Waals surface area contributed by atoms with E-state index in [2.05, 4.69) is 0 Å². The zero-order chi connectivity index (χ0) is 7.44. The van der Waals surface area contributed by atoms with E-state index in [1.165, 1.54) is 0 Å². The molecular formula is C5H10HgNO2. The van der Waals surface area contributed by atoms with Crippen molar-refractivity contribution in [3.8, 4) is 0 Å². The van der Waals surface area contributed by atoms with Gasteiger partial charge in [0.15, 0.2) is 0 Å². The molecule has 4 heteroatoms. The fourth-order valence-electron chi connectivity index (χ4n) is 0.411. The van der Waals surface area contributed by atoms with E-state index in [-0.39, 0.29) is 12.0 Å². The molecule has 0 fully saturated rings. The Kier molecular flexibility index (Phi) is 4.39. The molecule has 0 N–H and O–H groups in total. The number of nitrogens with zero attached hydrogens (tertiary/aromatic N) is 1. The Bertz CT molecular complexity index is 105. The molecule has 1 unspecified atom stereocenters. The van der Waals surface area contributed by atoms with Crippen LogP contribution in [0.3, 0.4) is 0 Å². The van der Waals surface area contributed by atoms with Crippen LogP contribution in [0, 0.1) is 0 Å². The predicted octanol–water partition coefficient (Wildman–Crippen LogP) is -0.0585. The van der Waals surface area contributed by atoms with E-state index in [0.717, 1.165) is 0 Å². The van der Waals surface area contributed by atoms with Gasteiger partial charge in [0.25, 0.3) is 0 Å². The van der Waals surface area contributed by atoms with Gasteiger partial charge in [-0.1, -0.05) is 0 Å². The summed E-state index contributed by atoms with van der Waals surface area (Å²) in [6.45, 7) is 1.76. The van der Waals surface area contributed by atoms with Crippen LogP contribution in [0.2, 0.25) is 0 Å². The first-order chi connectivity index (χ1) is 4.09. The molecule has 0 radical (unpaired) electrons. The molecule has 0 spiro atoms. The van der Waals surface area contributed by atoms with Gasteiger partial charge in [0.2, 0.25) is 0 Å². The number of methoxy groups -OCH3 is 1. The van der Waals surface area contributed by atoms with Crippen LogP contribution in [-0.2, 0) is 36.0 Å². The number of likely N-dealkylation sites (N-methyl/N-ethyl adjacent to an activating group) is 1. The third kappa shape index (κ3) is 3.15. The van der Waals surface area contributed by atoms with Crippen LogP contribution in [0.15, 0.2) is 0 Å². The van der Waals surface area contributed by atoms with Crippen molar-refractivity contribution >= 4 is 5.91 Å². The topological polar surface area (TPSA) is 29.5 Å². The van der Waals surface area contributed by atoms with Crippen LogP contribution in [-0.4, -0.2) is 28.8 Å². The first kappa shape index (κ1) is 9.37. The van der Waals surface area contributed by atoms with E-state index in [4.69, 9.17) is 4.74 Å². The van der Waals surface area contributed by atoms with E-state index in [0.29, 0.717) is 26.4 Å². The number of carbonyl (C=O) groups excluding carboxylic acids is 1. The van der Waals surface area contributed by atoms with Gasteiger partial charge in [0, 0.05) is 0 Å². The molecule has 0 rings (SSSR count). The number of rotatable bonds is 2. The summed E-state index contributed by atoms with van der Waals surface area (Å²) in [4.78, 5) is 10.9. The Labute approximate surface area is 71.8 Å². The Hall–Kier alpha value is 0.365. The summed E-state index contributed by atoms with van der Waals surface area (Å²) in [5.74, 6) is 0.0841. The Morgan fingerprint density at radius 1 is 1.78 bits per heavy atom. The number of hydrogen-bond acceptors (Lipinski definition) is 2. The molecule has 0 aromatic heterocycles. The van der Waals surface area contributed by atoms with Crippen molar-refractivity contribution in [2.75, 3.05) is 14.2 Å². The molecule has 9 heavy (non-hydrogen) atoms. The van der Waals surface area contributed by atoms with E-state index in [9.17, 15) is 4.79 Å². The van der Waals surface area contributed by atoms with E-state index in [1.54, 1.807) is 23.7 Å². The van der Waals surface area contributed by atoms with Gasteiger partial charge >= 0.3 is 71.7 Å². The molecule has 0 saturated carbocycles. The number of amides is 1. The molecule has 0 saturated heterocycles. The predicted molar refractivity (Wildman–Crippen MR) is 29.2 cm³/mol. The average Bonchev–Trinajstić information content (AvgIpc) is 1.84. The number of hydrogen-bond donors (Lipinski definition) is 0. The Balaban J connectivity index is 3.73. The number of ether oxygens (including phenoxy) is 1. The van der Waals surface area contributed by atoms with Gasteiger partial charge < -0.3 is 0 Å². The Morgan fingerprint density at radius 3 is 2.33 bits per heavy atom. The van der Waals surface area contributed by atoms with Crippen molar-refractivity contribution in [1.29, 1.82) is 0 Å². The van der Waals surface area contributed by atoms with E-state index >= 15 is 0 Å². The number of carbonyl (C=O) groups is 1. The summed E-state index contributed by atoms with van der Waals surface area (Å²) < 4.78 is 6.52. The summed E-state index contributed by atoms with van der Waals surface area (Å²) in [7, 11) is 3.33. The van der Waals surface area contributed by atoms with Crippen LogP contribution < -0.4 is 0 Å². The van der Waals surface area contributed by atoms with Crippen molar-refractivity contribution < 1.29 is 36.0 Å². The van der Waals surface area contributed by atoms with Gasteiger partial charge in [-0.15, -0.1) is 0 Å². The molecule has 0 aliphatic carbocycles. The second-order valence-corrected chi connectivity index (χ2v) is 5.60. The van der Waals surface area contributed by atoms with Gasteiger partial charge in [-0.2, -0.15) is 0 Å². The van der Waals surface area contributed by atoms with Crippen molar-refractivity contribution in [1.82, 2.24) is 2.66 Å². The van der Waals surface area contributed by atoms with Crippen LogP contribution in [0.5, 0.6) is 0 Å². The van der Waals surface area contributed by atoms with E-state index in [1.807, 2.05) is 0 Å². The zero-order valence-corrected chi connectivity index (χ0v) is 11.5. The summed E-state index contributed by atoms with van der Waals surface area (Å²) >= 11 is 0.380. The summed E-state index contributed by atoms with van der Waals surface area (Å²) in [5.41, 5.74) is 0. The van der Waals surface area contributed by atoms with Crippen molar-refractivity contribution in [3.05, 3.63) is 0 Å². The van der Waals surface area contributed by atoms with Crippen LogP contribution in [0.4, 0.5) is 0 Å². The molecule has 1 atom stereocenters. The molecule has 0 aromatic rings. The monoisotopic (exact) mass is 318 g/mol. The van der Waals surface area contributed by atoms with Crippen molar-refractivity contribution in [2.45, 2.75) is 13.0 Å². The molecular weight excluding hydrogens is 307 g/mol. The van der Waals surface area contributed by atoms with Gasteiger partial charge in [0.05, 0.1) is 0 Å². The van der Waals surface area contributed by atoms with Crippen LogP contribution >= 0.6 is 0 Å². The maximum absolute atomic E-state index is 10.9. The molecule has 0 bridgehead atoms. The summed E-state index contributed by atoms with van der Waals surface area (Å²) in [6, 6.07) is 0. The second-order valence-electron chi connectivity index (χ2n) is 1.91. The van der Waals surface area contributed by atoms with Crippen molar-refractivity contribution in [3.63, 3.8) is 0 Å². The molecule has 0 aliphatic heterocycles. The molecule has 49 valence electrons. The SMILES string of the molecule is COC(C)C(=O)[N](C)[Hg]. The molecule has 1 amide bonds. The molecule has 0 aliphatic rings. The third-order valence-electron chi connectivity index (χ3n) is 1.08. The molecule has 0 heterocycles. The zero-order valence-electron chi connectivity index (χ0n) is 6.05. The van der Waals surface area contributed by atoms with Gasteiger partial charge in [-0.25, -0.2) is 0 Å². The molecule has 0 aromatic carbocycles. The minimum atomic E-state index is -0.271. The standard InChI is InChI=1S/C5H11NO2.Hg/c1-4(8-3)5(7)6-2;/h4H,1-3H3,(H,6,7);/q;+1/p-1. The third-order valence-corrected chi connectivity index (χ3v) is 2.29. The average molecular weight is 317 g/mol. The van der Waals surface area contributed by atoms with Gasteiger partial charge in [-0.3, -0.25) is 0 Å². The van der Waals surface area contributed by atoms with Gasteiger partial charge in [0.1, 0.15) is 0 Å². The fraction of sp³-hybridized carbons (Fsp3) is 0.800. The van der Waals surface area contributed by atoms with E-state index < -0.39 is 0 Å². The van der Waals surface area contributed by atoms with Crippen molar-refractivity contribution in [2.24, 2.45) is 0 Å². The van der Waals surface area contributed by atoms with Crippen LogP contribution in [0.25, 0.3) is 0 Å². The Morgan fingerprint density at radius 2 is 2.22 bits per heavy atom. The first-order valence-electron chi connectivity index (χ1n) is 2.70. The quantitative estimate of drug-likeness (QED) is 0.668. The minimum absolute atomic E-state index is 0.0841. The summed E-state index contributed by atoms with van der Waals surface area (Å²) in [5, 5.41) is 0. The summed E-state index contributed by atoms with van der Waals surface area (Å²) in [6.07, 6.45) is -0.271. The van der Waals surface area contributed by atoms with Gasteiger partial charge in [-0.05, 0) is 0 Å². The normalized spacial score (nSPS) is 13.0. The van der Waals surface area contributed by atoms with Crippen LogP contribution in [0.1, 0.15) is 6.92 Å². The molecule has 3 nitrogen and oxygen atoms in total. The second kappa shape index (κ2) is 4.22.